The van der Waals surface area contributed by atoms with Crippen LogP contribution in [0.1, 0.15) is 11.1 Å². The summed E-state index contributed by atoms with van der Waals surface area (Å²) in [4.78, 5) is 0. The van der Waals surface area contributed by atoms with E-state index in [9.17, 15) is 0 Å². The van der Waals surface area contributed by atoms with Gasteiger partial charge in [0, 0.05) is 24.5 Å². The van der Waals surface area contributed by atoms with Crippen LogP contribution in [0.2, 0.25) is 0 Å². The first-order valence-electron chi connectivity index (χ1n) is 6.58. The van der Waals surface area contributed by atoms with Crippen molar-refractivity contribution in [3.05, 3.63) is 71.9 Å². The van der Waals surface area contributed by atoms with Crippen LogP contribution < -0.4 is 0 Å². The fraction of sp³-hybridized carbons (Fsp3) is 0.111. The molecule has 19 heavy (non-hydrogen) atoms. The molecule has 0 fully saturated rings. The number of aryl methyl sites for hydroxylation is 1. The summed E-state index contributed by atoms with van der Waals surface area (Å²) in [5.41, 5.74) is 7.84. The molecule has 0 saturated carbocycles. The molecule has 0 spiro atoms. The van der Waals surface area contributed by atoms with E-state index in [1.807, 2.05) is 0 Å². The third-order valence-electron chi connectivity index (χ3n) is 3.92. The van der Waals surface area contributed by atoms with Gasteiger partial charge in [0.05, 0.1) is 0 Å². The van der Waals surface area contributed by atoms with Crippen molar-refractivity contribution in [1.82, 2.24) is 4.57 Å². The van der Waals surface area contributed by atoms with Crippen molar-refractivity contribution in [2.75, 3.05) is 0 Å². The van der Waals surface area contributed by atoms with Crippen LogP contribution in [0.25, 0.3) is 22.4 Å². The Morgan fingerprint density at radius 2 is 1.84 bits per heavy atom. The van der Waals surface area contributed by atoms with Crippen molar-refractivity contribution >= 4 is 0 Å². The third-order valence-corrected chi connectivity index (χ3v) is 3.92. The molecule has 0 saturated heterocycles. The number of hydrogen-bond acceptors (Lipinski definition) is 0. The molecule has 0 bridgehead atoms. The largest absolute Gasteiger partial charge is 0.351 e. The van der Waals surface area contributed by atoms with E-state index in [1.165, 1.54) is 33.5 Å². The van der Waals surface area contributed by atoms with Crippen molar-refractivity contribution in [1.29, 1.82) is 0 Å². The molecule has 3 aromatic rings. The molecule has 1 aromatic heterocycles. The molecule has 1 nitrogen and oxygen atoms in total. The minimum absolute atomic E-state index is 1.00. The molecule has 1 aliphatic carbocycles. The first-order chi connectivity index (χ1) is 9.33. The Morgan fingerprint density at radius 3 is 2.68 bits per heavy atom. The van der Waals surface area contributed by atoms with Crippen molar-refractivity contribution in [2.45, 2.75) is 6.42 Å². The van der Waals surface area contributed by atoms with Gasteiger partial charge in [-0.2, -0.15) is 0 Å². The highest BCUT2D eigenvalue weighted by atomic mass is 14.9. The summed E-state index contributed by atoms with van der Waals surface area (Å²) in [6.45, 7) is 0. The molecule has 1 radical (unpaired) electrons. The predicted octanol–water partition coefficient (Wildman–Crippen LogP) is 4.06. The molecule has 2 aromatic carbocycles. The molecule has 0 atom stereocenters. The molecule has 0 unspecified atom stereocenters. The van der Waals surface area contributed by atoms with E-state index in [4.69, 9.17) is 0 Å². The normalized spacial score (nSPS) is 12.3. The van der Waals surface area contributed by atoms with Crippen molar-refractivity contribution < 1.29 is 0 Å². The zero-order valence-electron chi connectivity index (χ0n) is 10.9. The minimum atomic E-state index is 1.00. The molecule has 1 heterocycles. The Morgan fingerprint density at radius 1 is 0.947 bits per heavy atom. The lowest BCUT2D eigenvalue weighted by molar-refractivity contribution is 0.936. The van der Waals surface area contributed by atoms with Crippen LogP contribution in [0.3, 0.4) is 0 Å². The van der Waals surface area contributed by atoms with Gasteiger partial charge in [-0.25, -0.2) is 0 Å². The zero-order chi connectivity index (χ0) is 12.8. The van der Waals surface area contributed by atoms with E-state index in [0.29, 0.717) is 0 Å². The summed E-state index contributed by atoms with van der Waals surface area (Å²) in [6.07, 6.45) is 3.08. The smallest absolute Gasteiger partial charge is 0.0484 e. The molecule has 0 N–H and O–H groups in total. The quantitative estimate of drug-likeness (QED) is 0.476. The molecule has 4 rings (SSSR count). The van der Waals surface area contributed by atoms with Gasteiger partial charge in [0.2, 0.25) is 0 Å². The van der Waals surface area contributed by atoms with Crippen LogP contribution in [0.4, 0.5) is 0 Å². The second-order valence-electron chi connectivity index (χ2n) is 5.10. The topological polar surface area (TPSA) is 4.93 Å². The summed E-state index contributed by atoms with van der Waals surface area (Å²) in [7, 11) is 2.07. The van der Waals surface area contributed by atoms with Gasteiger partial charge in [0.1, 0.15) is 0 Å². The van der Waals surface area contributed by atoms with Crippen LogP contribution >= 0.6 is 0 Å². The predicted molar refractivity (Wildman–Crippen MR) is 77.9 cm³/mol. The number of rotatable bonds is 1. The summed E-state index contributed by atoms with van der Waals surface area (Å²) >= 11 is 0. The number of fused-ring (bicyclic) bond motifs is 3. The number of benzene rings is 2. The lowest BCUT2D eigenvalue weighted by Gasteiger charge is -2.06. The van der Waals surface area contributed by atoms with Gasteiger partial charge in [-0.1, -0.05) is 36.4 Å². The van der Waals surface area contributed by atoms with Crippen LogP contribution in [-0.4, -0.2) is 4.57 Å². The highest BCUT2D eigenvalue weighted by Gasteiger charge is 2.18. The Labute approximate surface area is 113 Å². The second kappa shape index (κ2) is 3.86. The Hall–Kier alpha value is -2.28. The van der Waals surface area contributed by atoms with Crippen LogP contribution in [-0.2, 0) is 13.5 Å². The lowest BCUT2D eigenvalue weighted by atomic mass is 10.0. The monoisotopic (exact) mass is 244 g/mol. The van der Waals surface area contributed by atoms with Gasteiger partial charge >= 0.3 is 0 Å². The zero-order valence-corrected chi connectivity index (χ0v) is 10.9. The van der Waals surface area contributed by atoms with E-state index < -0.39 is 0 Å². The Bertz CT molecular complexity index is 765. The number of nitrogens with zero attached hydrogens (tertiary/aromatic N) is 1. The number of hydrogen-bond donors (Lipinski definition) is 0. The van der Waals surface area contributed by atoms with E-state index in [2.05, 4.69) is 72.4 Å². The van der Waals surface area contributed by atoms with Gasteiger partial charge in [-0.3, -0.25) is 0 Å². The number of aromatic nitrogens is 1. The average molecular weight is 244 g/mol. The van der Waals surface area contributed by atoms with Gasteiger partial charge in [0.15, 0.2) is 0 Å². The Balaban J connectivity index is 1.86. The van der Waals surface area contributed by atoms with Gasteiger partial charge in [-0.15, -0.1) is 0 Å². The van der Waals surface area contributed by atoms with Crippen LogP contribution in [0.15, 0.2) is 54.7 Å². The molecule has 1 aliphatic rings. The van der Waals surface area contributed by atoms with Crippen molar-refractivity contribution in [3.8, 4) is 22.4 Å². The summed E-state index contributed by atoms with van der Waals surface area (Å²) in [5.74, 6) is 0. The van der Waals surface area contributed by atoms with E-state index in [-0.39, 0.29) is 0 Å². The lowest BCUT2D eigenvalue weighted by Crippen LogP contribution is -1.91. The average Bonchev–Trinajstić information content (AvgIpc) is 3.01. The second-order valence-corrected chi connectivity index (χ2v) is 5.10. The maximum absolute atomic E-state index is 3.59. The van der Waals surface area contributed by atoms with E-state index in [1.54, 1.807) is 0 Å². The first kappa shape index (κ1) is 10.6. The standard InChI is InChI=1S/C18H14N/c1-19-10-4-7-18(19)14-8-9-17-15(12-14)11-13-5-2-3-6-16(13)17/h2-10H,11H2,1H3. The SMILES string of the molecule is Cn1cccc1-c1[c]c2c(cc1)-c1ccccc1C2. The summed E-state index contributed by atoms with van der Waals surface area (Å²) < 4.78 is 2.14. The first-order valence-corrected chi connectivity index (χ1v) is 6.58. The molecular formula is C18H14N. The fourth-order valence-corrected chi connectivity index (χ4v) is 2.95. The van der Waals surface area contributed by atoms with Crippen LogP contribution in [0.5, 0.6) is 0 Å². The summed E-state index contributed by atoms with van der Waals surface area (Å²) in [5, 5.41) is 0. The molecule has 91 valence electrons. The third kappa shape index (κ3) is 1.55. The maximum atomic E-state index is 3.59. The molecule has 1 heteroatoms. The Kier molecular flexibility index (Phi) is 2.16. The maximum Gasteiger partial charge on any atom is 0.0484 e. The molecular weight excluding hydrogens is 230 g/mol. The van der Waals surface area contributed by atoms with Gasteiger partial charge in [0.25, 0.3) is 0 Å². The van der Waals surface area contributed by atoms with Crippen molar-refractivity contribution in [2.24, 2.45) is 7.05 Å². The highest BCUT2D eigenvalue weighted by molar-refractivity contribution is 5.79. The highest BCUT2D eigenvalue weighted by Crippen LogP contribution is 2.37. The van der Waals surface area contributed by atoms with E-state index >= 15 is 0 Å². The van der Waals surface area contributed by atoms with Crippen molar-refractivity contribution in [3.63, 3.8) is 0 Å². The van der Waals surface area contributed by atoms with Gasteiger partial charge in [-0.05, 0) is 46.9 Å². The minimum Gasteiger partial charge on any atom is -0.351 e. The van der Waals surface area contributed by atoms with Crippen LogP contribution in [0, 0.1) is 6.07 Å². The van der Waals surface area contributed by atoms with Gasteiger partial charge < -0.3 is 4.57 Å². The van der Waals surface area contributed by atoms with E-state index in [0.717, 1.165) is 6.42 Å². The molecule has 0 amide bonds. The summed E-state index contributed by atoms with van der Waals surface area (Å²) in [6, 6.07) is 20.9. The fourth-order valence-electron chi connectivity index (χ4n) is 2.95. The molecule has 0 aliphatic heterocycles.